The lowest BCUT2D eigenvalue weighted by molar-refractivity contribution is 0.586. The highest BCUT2D eigenvalue weighted by molar-refractivity contribution is 9.09. The van der Waals surface area contributed by atoms with Crippen LogP contribution in [-0.2, 0) is 9.84 Å². The number of halogens is 1. The Morgan fingerprint density at radius 3 is 2.43 bits per heavy atom. The minimum Gasteiger partial charge on any atom is -0.229 e. The van der Waals surface area contributed by atoms with E-state index in [1.807, 2.05) is 6.92 Å². The van der Waals surface area contributed by atoms with Crippen LogP contribution in [0.25, 0.3) is 0 Å². The maximum absolute atomic E-state index is 11.5. The first-order valence-corrected chi connectivity index (χ1v) is 7.67. The Bertz CT molecular complexity index is 278. The first-order chi connectivity index (χ1) is 6.40. The Morgan fingerprint density at radius 1 is 1.43 bits per heavy atom. The fraction of sp³-hybridized carbons (Fsp3) is 0.800. The van der Waals surface area contributed by atoms with Crippen molar-refractivity contribution >= 4 is 25.8 Å². The lowest BCUT2D eigenvalue weighted by atomic mass is 10.2. The summed E-state index contributed by atoms with van der Waals surface area (Å²) in [6.45, 7) is 5.44. The Morgan fingerprint density at radius 2 is 2.00 bits per heavy atom. The van der Waals surface area contributed by atoms with E-state index >= 15 is 0 Å². The van der Waals surface area contributed by atoms with Crippen molar-refractivity contribution in [2.45, 2.75) is 38.9 Å². The number of rotatable bonds is 6. The van der Waals surface area contributed by atoms with Crippen LogP contribution in [0.4, 0.5) is 0 Å². The van der Waals surface area contributed by atoms with Crippen molar-refractivity contribution in [3.8, 4) is 0 Å². The predicted octanol–water partition coefficient (Wildman–Crippen LogP) is 2.93. The van der Waals surface area contributed by atoms with E-state index in [9.17, 15) is 8.42 Å². The van der Waals surface area contributed by atoms with Crippen molar-refractivity contribution in [3.05, 3.63) is 11.6 Å². The fourth-order valence-corrected chi connectivity index (χ4v) is 2.25. The molecule has 4 heteroatoms. The highest BCUT2D eigenvalue weighted by Crippen LogP contribution is 2.09. The summed E-state index contributed by atoms with van der Waals surface area (Å²) in [7, 11) is -2.87. The Labute approximate surface area is 95.8 Å². The average molecular weight is 283 g/mol. The quantitative estimate of drug-likeness (QED) is 0.555. The maximum atomic E-state index is 11.5. The largest absolute Gasteiger partial charge is 0.229 e. The van der Waals surface area contributed by atoms with Crippen LogP contribution in [0, 0.1) is 0 Å². The van der Waals surface area contributed by atoms with Gasteiger partial charge in [0.05, 0.1) is 11.0 Å². The zero-order valence-corrected chi connectivity index (χ0v) is 11.5. The van der Waals surface area contributed by atoms with Crippen molar-refractivity contribution in [1.29, 1.82) is 0 Å². The van der Waals surface area contributed by atoms with E-state index in [2.05, 4.69) is 22.0 Å². The molecule has 0 aromatic heterocycles. The molecule has 0 bridgehead atoms. The molecule has 0 heterocycles. The number of allylic oxidation sites excluding steroid dienone is 2. The summed E-state index contributed by atoms with van der Waals surface area (Å²) in [5.41, 5.74) is 1.16. The second-order valence-electron chi connectivity index (χ2n) is 3.69. The van der Waals surface area contributed by atoms with Crippen LogP contribution in [0.2, 0.25) is 0 Å². The van der Waals surface area contributed by atoms with Crippen LogP contribution < -0.4 is 0 Å². The number of sulfone groups is 1. The fourth-order valence-electron chi connectivity index (χ4n) is 0.942. The molecule has 0 spiro atoms. The van der Waals surface area contributed by atoms with Gasteiger partial charge in [-0.05, 0) is 33.6 Å². The zero-order valence-electron chi connectivity index (χ0n) is 9.09. The smallest absolute Gasteiger partial charge is 0.152 e. The molecule has 0 radical (unpaired) electrons. The third kappa shape index (κ3) is 5.81. The van der Waals surface area contributed by atoms with Gasteiger partial charge in [0.25, 0.3) is 0 Å². The normalized spacial score (nSPS) is 13.6. The molecule has 14 heavy (non-hydrogen) atoms. The molecule has 0 unspecified atom stereocenters. The van der Waals surface area contributed by atoms with Crippen molar-refractivity contribution in [1.82, 2.24) is 0 Å². The molecule has 2 nitrogen and oxygen atoms in total. The van der Waals surface area contributed by atoms with Gasteiger partial charge in [0.1, 0.15) is 0 Å². The summed E-state index contributed by atoms with van der Waals surface area (Å²) in [5, 5.41) is 0.674. The highest BCUT2D eigenvalue weighted by atomic mass is 79.9. The van der Waals surface area contributed by atoms with Crippen LogP contribution in [0.3, 0.4) is 0 Å². The molecule has 0 rings (SSSR count). The van der Waals surface area contributed by atoms with Gasteiger partial charge in [-0.1, -0.05) is 27.6 Å². The van der Waals surface area contributed by atoms with Crippen molar-refractivity contribution < 1.29 is 8.42 Å². The van der Waals surface area contributed by atoms with Gasteiger partial charge >= 0.3 is 0 Å². The standard InChI is InChI=1S/C10H19BrO2S/c1-9(2)14(12,13)8-6-10(3)5-4-7-11/h5,9H,4,6-8H2,1-3H3. The molecule has 0 aliphatic carbocycles. The first kappa shape index (κ1) is 14.2. The summed E-state index contributed by atoms with van der Waals surface area (Å²) < 4.78 is 22.9. The molecular formula is C10H19BrO2S. The van der Waals surface area contributed by atoms with E-state index in [-0.39, 0.29) is 11.0 Å². The summed E-state index contributed by atoms with van der Waals surface area (Å²) in [5.74, 6) is 0.273. The van der Waals surface area contributed by atoms with Gasteiger partial charge in [-0.2, -0.15) is 0 Å². The van der Waals surface area contributed by atoms with Crippen LogP contribution in [0.5, 0.6) is 0 Å². The first-order valence-electron chi connectivity index (χ1n) is 4.83. The molecule has 0 aliphatic heterocycles. The molecule has 0 N–H and O–H groups in total. The summed E-state index contributed by atoms with van der Waals surface area (Å²) in [6.07, 6.45) is 3.71. The monoisotopic (exact) mass is 282 g/mol. The second-order valence-corrected chi connectivity index (χ2v) is 7.16. The van der Waals surface area contributed by atoms with Crippen molar-refractivity contribution in [2.24, 2.45) is 0 Å². The van der Waals surface area contributed by atoms with Gasteiger partial charge in [-0.3, -0.25) is 0 Å². The van der Waals surface area contributed by atoms with Crippen LogP contribution in [-0.4, -0.2) is 24.8 Å². The molecular weight excluding hydrogens is 264 g/mol. The lowest BCUT2D eigenvalue weighted by Crippen LogP contribution is -2.17. The zero-order chi connectivity index (χ0) is 11.2. The molecule has 84 valence electrons. The van der Waals surface area contributed by atoms with Gasteiger partial charge in [0.2, 0.25) is 0 Å². The van der Waals surface area contributed by atoms with Gasteiger partial charge < -0.3 is 0 Å². The van der Waals surface area contributed by atoms with E-state index in [0.29, 0.717) is 6.42 Å². The molecule has 0 aromatic carbocycles. The SMILES string of the molecule is CC(=CCCBr)CCS(=O)(=O)C(C)C. The van der Waals surface area contributed by atoms with Crippen LogP contribution in [0.1, 0.15) is 33.6 Å². The molecule has 0 saturated carbocycles. The van der Waals surface area contributed by atoms with Gasteiger partial charge in [-0.15, -0.1) is 0 Å². The van der Waals surface area contributed by atoms with Gasteiger partial charge in [0, 0.05) is 5.33 Å². The minimum atomic E-state index is -2.87. The van der Waals surface area contributed by atoms with E-state index in [4.69, 9.17) is 0 Å². The molecule has 0 fully saturated rings. The third-order valence-corrected chi connectivity index (χ3v) is 4.77. The predicted molar refractivity (Wildman–Crippen MR) is 65.7 cm³/mol. The minimum absolute atomic E-state index is 0.258. The van der Waals surface area contributed by atoms with E-state index in [1.54, 1.807) is 13.8 Å². The number of hydrogen-bond acceptors (Lipinski definition) is 2. The number of alkyl halides is 1. The molecule has 0 aliphatic rings. The Kier molecular flexibility index (Phi) is 6.70. The van der Waals surface area contributed by atoms with Crippen molar-refractivity contribution in [2.75, 3.05) is 11.1 Å². The van der Waals surface area contributed by atoms with E-state index < -0.39 is 9.84 Å². The van der Waals surface area contributed by atoms with E-state index in [1.165, 1.54) is 0 Å². The molecule has 0 aromatic rings. The summed E-state index contributed by atoms with van der Waals surface area (Å²) in [4.78, 5) is 0. The molecule has 0 amide bonds. The third-order valence-electron chi connectivity index (χ3n) is 2.10. The summed E-state index contributed by atoms with van der Waals surface area (Å²) in [6, 6.07) is 0. The van der Waals surface area contributed by atoms with E-state index in [0.717, 1.165) is 17.3 Å². The van der Waals surface area contributed by atoms with Gasteiger partial charge in [-0.25, -0.2) is 8.42 Å². The van der Waals surface area contributed by atoms with Crippen LogP contribution >= 0.6 is 15.9 Å². The molecule has 0 saturated heterocycles. The number of hydrogen-bond donors (Lipinski definition) is 0. The topological polar surface area (TPSA) is 34.1 Å². The maximum Gasteiger partial charge on any atom is 0.152 e. The van der Waals surface area contributed by atoms with Crippen LogP contribution in [0.15, 0.2) is 11.6 Å². The Hall–Kier alpha value is 0.170. The second kappa shape index (κ2) is 6.62. The highest BCUT2D eigenvalue weighted by Gasteiger charge is 2.15. The summed E-state index contributed by atoms with van der Waals surface area (Å²) >= 11 is 3.33. The average Bonchev–Trinajstić information content (AvgIpc) is 2.11. The van der Waals surface area contributed by atoms with Crippen molar-refractivity contribution in [3.63, 3.8) is 0 Å². The van der Waals surface area contributed by atoms with Gasteiger partial charge in [0.15, 0.2) is 9.84 Å². The Balaban J connectivity index is 4.07. The lowest BCUT2D eigenvalue weighted by Gasteiger charge is -2.07. The molecule has 0 atom stereocenters.